The minimum Gasteiger partial charge on any atom is -0.494 e. The number of ether oxygens (including phenoxy) is 1. The molecular formula is C30H37NO4. The first-order valence-electron chi connectivity index (χ1n) is 13.1. The van der Waals surface area contributed by atoms with Crippen LogP contribution >= 0.6 is 0 Å². The van der Waals surface area contributed by atoms with Gasteiger partial charge in [-0.25, -0.2) is 0 Å². The van der Waals surface area contributed by atoms with Crippen LogP contribution in [0.4, 0.5) is 0 Å². The van der Waals surface area contributed by atoms with E-state index in [0.717, 1.165) is 48.1 Å². The number of hydrogen-bond donors (Lipinski definition) is 0. The molecule has 0 aliphatic carbocycles. The lowest BCUT2D eigenvalue weighted by Gasteiger charge is -2.25. The molecule has 5 heteroatoms. The topological polar surface area (TPSA) is 59.8 Å². The molecular weight excluding hydrogens is 438 g/mol. The van der Waals surface area contributed by atoms with E-state index in [-0.39, 0.29) is 17.1 Å². The highest BCUT2D eigenvalue weighted by Gasteiger charge is 2.42. The molecule has 0 saturated carbocycles. The summed E-state index contributed by atoms with van der Waals surface area (Å²) in [4.78, 5) is 29.1. The van der Waals surface area contributed by atoms with Gasteiger partial charge in [0.2, 0.25) is 5.76 Å². The molecule has 1 atom stereocenters. The molecule has 1 amide bonds. The van der Waals surface area contributed by atoms with Crippen molar-refractivity contribution in [2.75, 3.05) is 13.2 Å². The van der Waals surface area contributed by atoms with E-state index in [1.807, 2.05) is 55.1 Å². The molecule has 35 heavy (non-hydrogen) atoms. The first-order chi connectivity index (χ1) is 17.0. The van der Waals surface area contributed by atoms with E-state index < -0.39 is 6.04 Å². The van der Waals surface area contributed by atoms with Gasteiger partial charge in [0.25, 0.3) is 5.91 Å². The highest BCUT2D eigenvalue weighted by atomic mass is 16.5. The molecule has 0 spiro atoms. The molecule has 2 heterocycles. The summed E-state index contributed by atoms with van der Waals surface area (Å²) in [7, 11) is 0. The molecule has 1 aromatic heterocycles. The summed E-state index contributed by atoms with van der Waals surface area (Å²) in [6, 6.07) is 11.2. The third kappa shape index (κ3) is 5.14. The van der Waals surface area contributed by atoms with E-state index in [1.165, 1.54) is 19.3 Å². The van der Waals surface area contributed by atoms with Gasteiger partial charge in [-0.2, -0.15) is 0 Å². The second kappa shape index (κ2) is 11.1. The maximum atomic E-state index is 13.8. The standard InChI is InChI=1S/C30H37NO4/c1-5-7-9-11-17-34-23-14-12-22(13-15-23)27-26-28(32)25-21(4)18-20(3)19-24(25)35-29(26)30(33)31(27)16-10-8-6-2/h12-15,18-19,27H,5-11,16-17H2,1-4H3. The third-order valence-electron chi connectivity index (χ3n) is 6.88. The van der Waals surface area contributed by atoms with E-state index in [4.69, 9.17) is 9.15 Å². The van der Waals surface area contributed by atoms with Crippen LogP contribution in [-0.4, -0.2) is 24.0 Å². The highest BCUT2D eigenvalue weighted by molar-refractivity contribution is 5.99. The molecule has 2 aromatic carbocycles. The van der Waals surface area contributed by atoms with Crippen molar-refractivity contribution in [2.24, 2.45) is 0 Å². The molecule has 0 fully saturated rings. The number of fused-ring (bicyclic) bond motifs is 2. The van der Waals surface area contributed by atoms with Gasteiger partial charge in [-0.3, -0.25) is 9.59 Å². The number of amides is 1. The van der Waals surface area contributed by atoms with Crippen LogP contribution in [0, 0.1) is 13.8 Å². The lowest BCUT2D eigenvalue weighted by Crippen LogP contribution is -2.30. The van der Waals surface area contributed by atoms with Crippen LogP contribution in [0.5, 0.6) is 5.75 Å². The fraction of sp³-hybridized carbons (Fsp3) is 0.467. The number of carbonyl (C=O) groups is 1. The smallest absolute Gasteiger partial charge is 0.290 e. The predicted molar refractivity (Wildman–Crippen MR) is 140 cm³/mol. The van der Waals surface area contributed by atoms with Gasteiger partial charge in [0.05, 0.1) is 23.6 Å². The van der Waals surface area contributed by atoms with Gasteiger partial charge in [-0.15, -0.1) is 0 Å². The van der Waals surface area contributed by atoms with Gasteiger partial charge < -0.3 is 14.1 Å². The zero-order valence-corrected chi connectivity index (χ0v) is 21.5. The summed E-state index contributed by atoms with van der Waals surface area (Å²) in [5.74, 6) is 0.796. The van der Waals surface area contributed by atoms with Crippen LogP contribution in [0.3, 0.4) is 0 Å². The molecule has 1 aliphatic rings. The predicted octanol–water partition coefficient (Wildman–Crippen LogP) is 7.10. The second-order valence-electron chi connectivity index (χ2n) is 9.72. The number of unbranched alkanes of at least 4 members (excludes halogenated alkanes) is 5. The number of aryl methyl sites for hydroxylation is 2. The number of carbonyl (C=O) groups excluding carboxylic acids is 1. The normalized spacial score (nSPS) is 15.1. The maximum absolute atomic E-state index is 13.8. The Morgan fingerprint density at radius 2 is 1.63 bits per heavy atom. The molecule has 3 aromatic rings. The van der Waals surface area contributed by atoms with Gasteiger partial charge in [-0.05, 0) is 61.6 Å². The van der Waals surface area contributed by atoms with Gasteiger partial charge >= 0.3 is 0 Å². The van der Waals surface area contributed by atoms with Crippen molar-refractivity contribution in [3.63, 3.8) is 0 Å². The van der Waals surface area contributed by atoms with E-state index in [0.29, 0.717) is 29.7 Å². The van der Waals surface area contributed by atoms with Gasteiger partial charge in [0.15, 0.2) is 5.43 Å². The average Bonchev–Trinajstić information content (AvgIpc) is 3.11. The van der Waals surface area contributed by atoms with Crippen LogP contribution in [0.15, 0.2) is 45.6 Å². The summed E-state index contributed by atoms with van der Waals surface area (Å²) >= 11 is 0. The van der Waals surface area contributed by atoms with Crippen LogP contribution in [0.25, 0.3) is 11.0 Å². The Balaban J connectivity index is 1.71. The lowest BCUT2D eigenvalue weighted by atomic mass is 9.96. The van der Waals surface area contributed by atoms with Crippen molar-refractivity contribution in [1.82, 2.24) is 4.90 Å². The van der Waals surface area contributed by atoms with E-state index in [2.05, 4.69) is 13.8 Å². The zero-order valence-electron chi connectivity index (χ0n) is 21.5. The van der Waals surface area contributed by atoms with Crippen molar-refractivity contribution in [1.29, 1.82) is 0 Å². The quantitative estimate of drug-likeness (QED) is 0.277. The fourth-order valence-electron chi connectivity index (χ4n) is 5.09. The van der Waals surface area contributed by atoms with E-state index in [9.17, 15) is 9.59 Å². The summed E-state index contributed by atoms with van der Waals surface area (Å²) in [6.07, 6.45) is 7.61. The van der Waals surface area contributed by atoms with Crippen LogP contribution in [0.2, 0.25) is 0 Å². The summed E-state index contributed by atoms with van der Waals surface area (Å²) < 4.78 is 12.1. The van der Waals surface area contributed by atoms with Crippen LogP contribution < -0.4 is 10.2 Å². The maximum Gasteiger partial charge on any atom is 0.290 e. The van der Waals surface area contributed by atoms with E-state index in [1.54, 1.807) is 0 Å². The Morgan fingerprint density at radius 1 is 0.914 bits per heavy atom. The van der Waals surface area contributed by atoms with Crippen LogP contribution in [0.1, 0.15) is 97.6 Å². The molecule has 0 N–H and O–H groups in total. The number of hydrogen-bond acceptors (Lipinski definition) is 4. The summed E-state index contributed by atoms with van der Waals surface area (Å²) in [5.41, 5.74) is 3.62. The number of benzene rings is 2. The molecule has 0 saturated heterocycles. The van der Waals surface area contributed by atoms with Gasteiger partial charge in [0.1, 0.15) is 11.3 Å². The molecule has 1 aliphatic heterocycles. The molecule has 1 unspecified atom stereocenters. The largest absolute Gasteiger partial charge is 0.494 e. The first-order valence-corrected chi connectivity index (χ1v) is 13.1. The second-order valence-corrected chi connectivity index (χ2v) is 9.72. The average molecular weight is 476 g/mol. The molecule has 0 bridgehead atoms. The fourth-order valence-corrected chi connectivity index (χ4v) is 5.09. The Hall–Kier alpha value is -3.08. The minimum absolute atomic E-state index is 0.105. The third-order valence-corrected chi connectivity index (χ3v) is 6.88. The van der Waals surface area contributed by atoms with Crippen molar-refractivity contribution in [3.05, 3.63) is 74.6 Å². The lowest BCUT2D eigenvalue weighted by molar-refractivity contribution is 0.0724. The molecule has 5 nitrogen and oxygen atoms in total. The van der Waals surface area contributed by atoms with E-state index >= 15 is 0 Å². The monoisotopic (exact) mass is 475 g/mol. The molecule has 186 valence electrons. The molecule has 4 rings (SSSR count). The SMILES string of the molecule is CCCCCCOc1ccc(C2c3c(oc4cc(C)cc(C)c4c3=O)C(=O)N2CCCCC)cc1. The first kappa shape index (κ1) is 25.0. The van der Waals surface area contributed by atoms with Crippen molar-refractivity contribution < 1.29 is 13.9 Å². The molecule has 0 radical (unpaired) electrons. The van der Waals surface area contributed by atoms with Crippen molar-refractivity contribution in [3.8, 4) is 5.75 Å². The highest BCUT2D eigenvalue weighted by Crippen LogP contribution is 2.39. The van der Waals surface area contributed by atoms with Gasteiger partial charge in [-0.1, -0.05) is 64.2 Å². The van der Waals surface area contributed by atoms with Crippen molar-refractivity contribution in [2.45, 2.75) is 78.7 Å². The zero-order chi connectivity index (χ0) is 24.9. The number of nitrogens with zero attached hydrogens (tertiary/aromatic N) is 1. The Bertz CT molecular complexity index is 1240. The van der Waals surface area contributed by atoms with Gasteiger partial charge in [0, 0.05) is 6.54 Å². The number of rotatable bonds is 11. The summed E-state index contributed by atoms with van der Waals surface area (Å²) in [6.45, 7) is 9.52. The minimum atomic E-state index is -0.450. The Labute approximate surface area is 208 Å². The van der Waals surface area contributed by atoms with Crippen LogP contribution in [-0.2, 0) is 0 Å². The summed E-state index contributed by atoms with van der Waals surface area (Å²) in [5, 5.41) is 0.564. The Kier molecular flexibility index (Phi) is 7.94. The van der Waals surface area contributed by atoms with Crippen molar-refractivity contribution >= 4 is 16.9 Å². The Morgan fingerprint density at radius 3 is 2.34 bits per heavy atom.